The first kappa shape index (κ1) is 12.4. The summed E-state index contributed by atoms with van der Waals surface area (Å²) in [7, 11) is 0. The van der Waals surface area contributed by atoms with Crippen LogP contribution in [0.15, 0.2) is 42.6 Å². The molecule has 1 aromatic heterocycles. The lowest BCUT2D eigenvalue weighted by Gasteiger charge is -2.06. The second-order valence-electron chi connectivity index (χ2n) is 4.20. The molecule has 1 heterocycles. The zero-order valence-corrected chi connectivity index (χ0v) is 10.6. The average Bonchev–Trinajstić information content (AvgIpc) is 2.41. The molecule has 0 amide bonds. The van der Waals surface area contributed by atoms with E-state index in [-0.39, 0.29) is 0 Å². The van der Waals surface area contributed by atoms with E-state index in [9.17, 15) is 0 Å². The third-order valence-electron chi connectivity index (χ3n) is 2.70. The zero-order chi connectivity index (χ0) is 12.8. The molecule has 0 bridgehead atoms. The number of nitrogens with zero attached hydrogens (tertiary/aromatic N) is 1. The number of hydrogen-bond donors (Lipinski definition) is 1. The normalized spacial score (nSPS) is 10.3. The van der Waals surface area contributed by atoms with Crippen molar-refractivity contribution in [3.8, 4) is 17.0 Å². The summed E-state index contributed by atoms with van der Waals surface area (Å²) in [5, 5.41) is 0. The van der Waals surface area contributed by atoms with Crippen molar-refractivity contribution in [2.75, 3.05) is 12.3 Å². The van der Waals surface area contributed by atoms with Gasteiger partial charge in [0.05, 0.1) is 24.2 Å². The van der Waals surface area contributed by atoms with Crippen molar-refractivity contribution in [1.82, 2.24) is 4.98 Å². The number of rotatable bonds is 5. The highest BCUT2D eigenvalue weighted by molar-refractivity contribution is 5.61. The van der Waals surface area contributed by atoms with E-state index in [1.54, 1.807) is 6.20 Å². The summed E-state index contributed by atoms with van der Waals surface area (Å²) in [6.07, 6.45) is 3.90. The number of anilines is 1. The first-order valence-electron chi connectivity index (χ1n) is 6.24. The second-order valence-corrected chi connectivity index (χ2v) is 4.20. The molecule has 2 rings (SSSR count). The van der Waals surface area contributed by atoms with Gasteiger partial charge < -0.3 is 10.5 Å². The molecule has 0 aliphatic heterocycles. The lowest BCUT2D eigenvalue weighted by Crippen LogP contribution is -1.96. The number of aromatic nitrogens is 1. The smallest absolute Gasteiger partial charge is 0.119 e. The Hall–Kier alpha value is -2.03. The van der Waals surface area contributed by atoms with Crippen LogP contribution >= 0.6 is 0 Å². The van der Waals surface area contributed by atoms with Crippen LogP contribution in [0.25, 0.3) is 11.3 Å². The Morgan fingerprint density at radius 2 is 1.89 bits per heavy atom. The van der Waals surface area contributed by atoms with Crippen LogP contribution in [0.2, 0.25) is 0 Å². The Morgan fingerprint density at radius 1 is 1.11 bits per heavy atom. The highest BCUT2D eigenvalue weighted by atomic mass is 16.5. The topological polar surface area (TPSA) is 48.1 Å². The molecular formula is C15H18N2O. The first-order valence-corrected chi connectivity index (χ1v) is 6.24. The maximum Gasteiger partial charge on any atom is 0.119 e. The molecule has 3 heteroatoms. The van der Waals surface area contributed by atoms with E-state index in [2.05, 4.69) is 11.9 Å². The van der Waals surface area contributed by atoms with Crippen molar-refractivity contribution < 1.29 is 4.74 Å². The van der Waals surface area contributed by atoms with E-state index < -0.39 is 0 Å². The van der Waals surface area contributed by atoms with Crippen molar-refractivity contribution in [2.45, 2.75) is 19.8 Å². The van der Waals surface area contributed by atoms with Crippen LogP contribution in [-0.4, -0.2) is 11.6 Å². The Kier molecular flexibility index (Phi) is 4.18. The van der Waals surface area contributed by atoms with Crippen molar-refractivity contribution in [2.24, 2.45) is 0 Å². The minimum Gasteiger partial charge on any atom is -0.494 e. The summed E-state index contributed by atoms with van der Waals surface area (Å²) in [6, 6.07) is 11.8. The molecule has 0 spiro atoms. The number of nitrogen functional groups attached to an aromatic ring is 1. The van der Waals surface area contributed by atoms with Crippen LogP contribution in [0.1, 0.15) is 19.8 Å². The molecule has 0 atom stereocenters. The largest absolute Gasteiger partial charge is 0.494 e. The number of hydrogen-bond acceptors (Lipinski definition) is 3. The lowest BCUT2D eigenvalue weighted by atomic mass is 10.1. The second kappa shape index (κ2) is 6.05. The van der Waals surface area contributed by atoms with Gasteiger partial charge in [0, 0.05) is 5.56 Å². The monoisotopic (exact) mass is 242 g/mol. The van der Waals surface area contributed by atoms with Crippen molar-refractivity contribution in [3.05, 3.63) is 42.6 Å². The molecule has 1 aromatic carbocycles. The summed E-state index contributed by atoms with van der Waals surface area (Å²) in [5.41, 5.74) is 8.28. The molecule has 0 saturated carbocycles. The summed E-state index contributed by atoms with van der Waals surface area (Å²) in [5.74, 6) is 0.905. The van der Waals surface area contributed by atoms with Gasteiger partial charge in [-0.2, -0.15) is 0 Å². The van der Waals surface area contributed by atoms with Gasteiger partial charge in [-0.25, -0.2) is 0 Å². The Labute approximate surface area is 108 Å². The van der Waals surface area contributed by atoms with Crippen molar-refractivity contribution >= 4 is 5.69 Å². The van der Waals surface area contributed by atoms with E-state index in [0.29, 0.717) is 5.69 Å². The van der Waals surface area contributed by atoms with Crippen LogP contribution in [-0.2, 0) is 0 Å². The summed E-state index contributed by atoms with van der Waals surface area (Å²) < 4.78 is 5.62. The molecule has 0 fully saturated rings. The van der Waals surface area contributed by atoms with Gasteiger partial charge in [0.15, 0.2) is 0 Å². The van der Waals surface area contributed by atoms with Crippen molar-refractivity contribution in [3.63, 3.8) is 0 Å². The highest BCUT2D eigenvalue weighted by Gasteiger charge is 1.99. The van der Waals surface area contributed by atoms with Gasteiger partial charge in [-0.05, 0) is 42.8 Å². The van der Waals surface area contributed by atoms with Gasteiger partial charge in [0.1, 0.15) is 5.75 Å². The van der Waals surface area contributed by atoms with Gasteiger partial charge >= 0.3 is 0 Å². The molecular weight excluding hydrogens is 224 g/mol. The van der Waals surface area contributed by atoms with Gasteiger partial charge in [-0.1, -0.05) is 13.3 Å². The van der Waals surface area contributed by atoms with Gasteiger partial charge in [0.2, 0.25) is 0 Å². The third kappa shape index (κ3) is 3.23. The third-order valence-corrected chi connectivity index (χ3v) is 2.70. The lowest BCUT2D eigenvalue weighted by molar-refractivity contribution is 0.309. The molecule has 0 aliphatic carbocycles. The molecule has 0 unspecified atom stereocenters. The Morgan fingerprint density at radius 3 is 2.50 bits per heavy atom. The number of pyridine rings is 1. The molecule has 2 N–H and O–H groups in total. The fourth-order valence-electron chi connectivity index (χ4n) is 1.63. The maximum atomic E-state index is 5.62. The van der Waals surface area contributed by atoms with Crippen molar-refractivity contribution in [1.29, 1.82) is 0 Å². The van der Waals surface area contributed by atoms with E-state index in [0.717, 1.165) is 36.5 Å². The highest BCUT2D eigenvalue weighted by Crippen LogP contribution is 2.21. The van der Waals surface area contributed by atoms with Gasteiger partial charge in [-0.15, -0.1) is 0 Å². The molecule has 0 radical (unpaired) electrons. The molecule has 94 valence electrons. The molecule has 2 aromatic rings. The standard InChI is InChI=1S/C15H18N2O/c1-2-3-10-18-14-7-4-12(5-8-14)15-9-6-13(16)11-17-15/h4-9,11H,2-3,10,16H2,1H3. The molecule has 0 saturated heterocycles. The minimum atomic E-state index is 0.679. The summed E-state index contributed by atoms with van der Waals surface area (Å²) in [4.78, 5) is 4.29. The average molecular weight is 242 g/mol. The van der Waals surface area contributed by atoms with Crippen LogP contribution in [0, 0.1) is 0 Å². The summed E-state index contributed by atoms with van der Waals surface area (Å²) in [6.45, 7) is 2.93. The zero-order valence-electron chi connectivity index (χ0n) is 10.6. The quantitative estimate of drug-likeness (QED) is 0.816. The van der Waals surface area contributed by atoms with E-state index in [4.69, 9.17) is 10.5 Å². The molecule has 0 aliphatic rings. The Bertz CT molecular complexity index is 477. The van der Waals surface area contributed by atoms with Gasteiger partial charge in [0.25, 0.3) is 0 Å². The van der Waals surface area contributed by atoms with E-state index in [1.165, 1.54) is 0 Å². The molecule has 3 nitrogen and oxygen atoms in total. The van der Waals surface area contributed by atoms with Crippen LogP contribution in [0.4, 0.5) is 5.69 Å². The fraction of sp³-hybridized carbons (Fsp3) is 0.267. The number of unbranched alkanes of at least 4 members (excludes halogenated alkanes) is 1. The fourth-order valence-corrected chi connectivity index (χ4v) is 1.63. The predicted molar refractivity (Wildman–Crippen MR) is 74.5 cm³/mol. The first-order chi connectivity index (χ1) is 8.79. The van der Waals surface area contributed by atoms with Crippen LogP contribution in [0.3, 0.4) is 0 Å². The minimum absolute atomic E-state index is 0.679. The summed E-state index contributed by atoms with van der Waals surface area (Å²) >= 11 is 0. The van der Waals surface area contributed by atoms with Crippen LogP contribution < -0.4 is 10.5 Å². The van der Waals surface area contributed by atoms with Crippen LogP contribution in [0.5, 0.6) is 5.75 Å². The maximum absolute atomic E-state index is 5.62. The Balaban J connectivity index is 2.05. The van der Waals surface area contributed by atoms with E-state index in [1.807, 2.05) is 36.4 Å². The molecule has 18 heavy (non-hydrogen) atoms. The number of benzene rings is 1. The van der Waals surface area contributed by atoms with Gasteiger partial charge in [-0.3, -0.25) is 4.98 Å². The number of nitrogens with two attached hydrogens (primary N) is 1. The number of ether oxygens (including phenoxy) is 1. The SMILES string of the molecule is CCCCOc1ccc(-c2ccc(N)cn2)cc1. The van der Waals surface area contributed by atoms with E-state index >= 15 is 0 Å². The predicted octanol–water partition coefficient (Wildman–Crippen LogP) is 3.51.